The smallest absolute Gasteiger partial charge is 0.441 e. The molecule has 18 heavy (non-hydrogen) atoms. The molecule has 0 aromatic carbocycles. The van der Waals surface area contributed by atoms with Crippen LogP contribution in [0, 0.1) is 6.92 Å². The van der Waals surface area contributed by atoms with Crippen molar-refractivity contribution in [2.24, 2.45) is 5.73 Å². The average Bonchev–Trinajstić information content (AvgIpc) is 2.26. The Morgan fingerprint density at radius 3 is 2.72 bits per heavy atom. The van der Waals surface area contributed by atoms with Crippen molar-refractivity contribution in [1.82, 2.24) is 4.98 Å². The van der Waals surface area contributed by atoms with Crippen molar-refractivity contribution in [1.29, 1.82) is 0 Å². The largest absolute Gasteiger partial charge is 0.491 e. The van der Waals surface area contributed by atoms with Crippen molar-refractivity contribution in [2.45, 2.75) is 18.9 Å². The Kier molecular flexibility index (Phi) is 5.74. The molecule has 0 bridgehead atoms. The summed E-state index contributed by atoms with van der Waals surface area (Å²) in [5, 5.41) is 0. The molecule has 0 aliphatic rings. The third kappa shape index (κ3) is 5.59. The van der Waals surface area contributed by atoms with Crippen molar-refractivity contribution in [2.75, 3.05) is 18.9 Å². The lowest BCUT2D eigenvalue weighted by atomic mass is 10.2. The number of nitrogens with two attached hydrogens (primary N) is 1. The summed E-state index contributed by atoms with van der Waals surface area (Å²) in [6.07, 6.45) is 0.545. The summed E-state index contributed by atoms with van der Waals surface area (Å²) < 4.78 is 41.0. The van der Waals surface area contributed by atoms with Crippen LogP contribution >= 0.6 is 11.8 Å². The Labute approximate surface area is 108 Å². The molecule has 102 valence electrons. The number of hydrogen-bond acceptors (Lipinski definition) is 4. The van der Waals surface area contributed by atoms with E-state index >= 15 is 0 Å². The predicted octanol–water partition coefficient (Wildman–Crippen LogP) is 2.52. The van der Waals surface area contributed by atoms with Crippen LogP contribution in [0.4, 0.5) is 13.2 Å². The highest BCUT2D eigenvalue weighted by Crippen LogP contribution is 2.29. The van der Waals surface area contributed by atoms with Crippen LogP contribution in [0.1, 0.15) is 11.4 Å². The van der Waals surface area contributed by atoms with Gasteiger partial charge in [0.25, 0.3) is 0 Å². The van der Waals surface area contributed by atoms with E-state index in [0.717, 1.165) is 5.69 Å². The molecule has 7 heteroatoms. The topological polar surface area (TPSA) is 48.1 Å². The van der Waals surface area contributed by atoms with E-state index < -0.39 is 5.51 Å². The van der Waals surface area contributed by atoms with Gasteiger partial charge in [0, 0.05) is 17.9 Å². The lowest BCUT2D eigenvalue weighted by molar-refractivity contribution is -0.0329. The summed E-state index contributed by atoms with van der Waals surface area (Å²) >= 11 is -0.0949. The van der Waals surface area contributed by atoms with Gasteiger partial charge in [0.1, 0.15) is 5.75 Å². The second-order valence-corrected chi connectivity index (χ2v) is 4.74. The van der Waals surface area contributed by atoms with Crippen LogP contribution in [0.25, 0.3) is 0 Å². The van der Waals surface area contributed by atoms with Gasteiger partial charge in [-0.25, -0.2) is 0 Å². The van der Waals surface area contributed by atoms with Gasteiger partial charge in [0.2, 0.25) is 0 Å². The zero-order chi connectivity index (χ0) is 13.6. The van der Waals surface area contributed by atoms with E-state index in [2.05, 4.69) is 4.98 Å². The van der Waals surface area contributed by atoms with Crippen LogP contribution < -0.4 is 10.5 Å². The number of rotatable bonds is 6. The van der Waals surface area contributed by atoms with Gasteiger partial charge < -0.3 is 10.5 Å². The number of halogens is 3. The van der Waals surface area contributed by atoms with Crippen LogP contribution in [-0.2, 0) is 6.42 Å². The summed E-state index contributed by atoms with van der Waals surface area (Å²) in [6.45, 7) is 2.25. The molecule has 1 aromatic rings. The van der Waals surface area contributed by atoms with Crippen molar-refractivity contribution in [3.63, 3.8) is 0 Å². The maximum absolute atomic E-state index is 11.9. The molecule has 1 rings (SSSR count). The number of aryl methyl sites for hydroxylation is 1. The molecule has 0 saturated carbocycles. The number of hydrogen-bond donors (Lipinski definition) is 1. The van der Waals surface area contributed by atoms with E-state index in [1.54, 1.807) is 12.1 Å². The van der Waals surface area contributed by atoms with E-state index in [1.165, 1.54) is 0 Å². The molecule has 0 aliphatic carbocycles. The fourth-order valence-corrected chi connectivity index (χ4v) is 1.75. The molecule has 1 aromatic heterocycles. The molecule has 0 spiro atoms. The lowest BCUT2D eigenvalue weighted by Crippen LogP contribution is -2.11. The molecule has 0 amide bonds. The Balaban J connectivity index is 2.51. The monoisotopic (exact) mass is 280 g/mol. The predicted molar refractivity (Wildman–Crippen MR) is 65.7 cm³/mol. The average molecular weight is 280 g/mol. The van der Waals surface area contributed by atoms with E-state index in [1.807, 2.05) is 6.92 Å². The van der Waals surface area contributed by atoms with Gasteiger partial charge in [-0.05, 0) is 37.4 Å². The summed E-state index contributed by atoms with van der Waals surface area (Å²) in [4.78, 5) is 4.26. The van der Waals surface area contributed by atoms with Crippen molar-refractivity contribution in [3.8, 4) is 5.75 Å². The minimum atomic E-state index is -4.21. The van der Waals surface area contributed by atoms with Gasteiger partial charge in [0.05, 0.1) is 12.3 Å². The van der Waals surface area contributed by atoms with Gasteiger partial charge in [-0.15, -0.1) is 0 Å². The van der Waals surface area contributed by atoms with Gasteiger partial charge in [-0.1, -0.05) is 0 Å². The minimum Gasteiger partial charge on any atom is -0.491 e. The molecular weight excluding hydrogens is 265 g/mol. The Morgan fingerprint density at radius 1 is 1.39 bits per heavy atom. The molecule has 0 aliphatic heterocycles. The van der Waals surface area contributed by atoms with Gasteiger partial charge in [0.15, 0.2) is 0 Å². The standard InChI is InChI=1S/C11H15F3N2OS/c1-8-2-3-10(9(16-8)4-5-15)17-6-7-18-11(12,13)14/h2-3H,4-7,15H2,1H3. The molecule has 1 heterocycles. The molecular formula is C11H15F3N2OS. The summed E-state index contributed by atoms with van der Waals surface area (Å²) in [5.41, 5.74) is 2.75. The van der Waals surface area contributed by atoms with Crippen LogP contribution in [0.2, 0.25) is 0 Å². The first-order valence-electron chi connectivity index (χ1n) is 5.42. The normalized spacial score (nSPS) is 11.6. The fourth-order valence-electron chi connectivity index (χ4n) is 1.35. The quantitative estimate of drug-likeness (QED) is 0.813. The summed E-state index contributed by atoms with van der Waals surface area (Å²) in [5.74, 6) is 0.369. The Morgan fingerprint density at radius 2 is 2.11 bits per heavy atom. The fraction of sp³-hybridized carbons (Fsp3) is 0.545. The SMILES string of the molecule is Cc1ccc(OCCSC(F)(F)F)c(CCN)n1. The maximum Gasteiger partial charge on any atom is 0.441 e. The second-order valence-electron chi connectivity index (χ2n) is 3.58. The third-order valence-electron chi connectivity index (χ3n) is 2.06. The number of aromatic nitrogens is 1. The van der Waals surface area contributed by atoms with Gasteiger partial charge in [-0.3, -0.25) is 4.98 Å². The van der Waals surface area contributed by atoms with Crippen LogP contribution in [0.3, 0.4) is 0 Å². The van der Waals surface area contributed by atoms with E-state index in [4.69, 9.17) is 10.5 Å². The van der Waals surface area contributed by atoms with Crippen molar-refractivity contribution < 1.29 is 17.9 Å². The summed E-state index contributed by atoms with van der Waals surface area (Å²) in [6, 6.07) is 3.47. The highest BCUT2D eigenvalue weighted by molar-refractivity contribution is 8.00. The van der Waals surface area contributed by atoms with Crippen LogP contribution in [0.15, 0.2) is 12.1 Å². The van der Waals surface area contributed by atoms with Crippen LogP contribution in [0.5, 0.6) is 5.75 Å². The highest BCUT2D eigenvalue weighted by atomic mass is 32.2. The van der Waals surface area contributed by atoms with Crippen LogP contribution in [-0.4, -0.2) is 29.4 Å². The number of pyridine rings is 1. The number of thioether (sulfide) groups is 1. The van der Waals surface area contributed by atoms with E-state index in [9.17, 15) is 13.2 Å². The lowest BCUT2D eigenvalue weighted by Gasteiger charge is -2.11. The van der Waals surface area contributed by atoms with E-state index in [0.29, 0.717) is 24.4 Å². The molecule has 0 fully saturated rings. The number of nitrogens with zero attached hydrogens (tertiary/aromatic N) is 1. The van der Waals surface area contributed by atoms with Gasteiger partial charge >= 0.3 is 5.51 Å². The first-order valence-corrected chi connectivity index (χ1v) is 6.41. The number of alkyl halides is 3. The zero-order valence-electron chi connectivity index (χ0n) is 9.96. The van der Waals surface area contributed by atoms with Gasteiger partial charge in [-0.2, -0.15) is 13.2 Å². The highest BCUT2D eigenvalue weighted by Gasteiger charge is 2.27. The first kappa shape index (κ1) is 15.1. The maximum atomic E-state index is 11.9. The van der Waals surface area contributed by atoms with Crippen molar-refractivity contribution in [3.05, 3.63) is 23.5 Å². The second kappa shape index (κ2) is 6.84. The number of ether oxygens (including phenoxy) is 1. The zero-order valence-corrected chi connectivity index (χ0v) is 10.8. The minimum absolute atomic E-state index is 0.00745. The molecule has 0 unspecified atom stereocenters. The Hall–Kier alpha value is -0.950. The van der Waals surface area contributed by atoms with Crippen molar-refractivity contribution >= 4 is 11.8 Å². The molecule has 2 N–H and O–H groups in total. The molecule has 0 saturated heterocycles. The molecule has 3 nitrogen and oxygen atoms in total. The molecule has 0 atom stereocenters. The summed E-state index contributed by atoms with van der Waals surface area (Å²) in [7, 11) is 0. The third-order valence-corrected chi connectivity index (χ3v) is 2.76. The van der Waals surface area contributed by atoms with E-state index in [-0.39, 0.29) is 24.1 Å². The first-order chi connectivity index (χ1) is 8.42. The molecule has 0 radical (unpaired) electrons. The Bertz CT molecular complexity index is 385.